The number of esters is 3. The van der Waals surface area contributed by atoms with Gasteiger partial charge in [0.25, 0.3) is 0 Å². The number of carbonyl (C=O) groups excluding carboxylic acids is 4. The normalized spacial score (nSPS) is 21.4. The van der Waals surface area contributed by atoms with Crippen LogP contribution in [-0.4, -0.2) is 94.6 Å². The van der Waals surface area contributed by atoms with Crippen LogP contribution < -0.4 is 14.2 Å². The van der Waals surface area contributed by atoms with Crippen molar-refractivity contribution in [3.05, 3.63) is 125 Å². The summed E-state index contributed by atoms with van der Waals surface area (Å²) >= 11 is 0. The van der Waals surface area contributed by atoms with E-state index < -0.39 is 67.1 Å². The number of rotatable bonds is 16. The molecule has 1 fully saturated rings. The maximum absolute atomic E-state index is 13.7. The van der Waals surface area contributed by atoms with E-state index in [2.05, 4.69) is 0 Å². The van der Waals surface area contributed by atoms with E-state index in [1.54, 1.807) is 48.5 Å². The number of ether oxygens (including phenoxy) is 7. The second-order valence-corrected chi connectivity index (χ2v) is 13.2. The third-order valence-corrected chi connectivity index (χ3v) is 9.17. The van der Waals surface area contributed by atoms with Crippen molar-refractivity contribution in [3.8, 4) is 17.2 Å². The van der Waals surface area contributed by atoms with Gasteiger partial charge in [-0.3, -0.25) is 14.4 Å². The number of benzene rings is 4. The van der Waals surface area contributed by atoms with E-state index in [1.807, 2.05) is 36.4 Å². The van der Waals surface area contributed by atoms with Crippen molar-refractivity contribution in [3.63, 3.8) is 0 Å². The molecule has 0 spiro atoms. The number of aliphatic hydroxyl groups excluding tert-OH is 4. The Bertz CT molecular complexity index is 1980. The van der Waals surface area contributed by atoms with Gasteiger partial charge in [-0.05, 0) is 34.9 Å². The first-order chi connectivity index (χ1) is 27.6. The van der Waals surface area contributed by atoms with Crippen molar-refractivity contribution in [2.24, 2.45) is 0 Å². The topological polar surface area (TPSA) is 214 Å². The molecule has 300 valence electrons. The Morgan fingerprint density at radius 3 is 1.93 bits per heavy atom. The minimum atomic E-state index is -1.77. The number of aliphatic hydroxyl groups is 4. The molecular weight excluding hydrogens is 744 g/mol. The molecule has 1 unspecified atom stereocenters. The van der Waals surface area contributed by atoms with Gasteiger partial charge >= 0.3 is 17.9 Å². The van der Waals surface area contributed by atoms with Gasteiger partial charge in [0.05, 0.1) is 43.6 Å². The molecule has 6 atom stereocenters. The minimum absolute atomic E-state index is 0.0300. The number of Topliss-reactive ketones (excluding diaryl/α,β-unsaturated/α-hetero) is 1. The van der Waals surface area contributed by atoms with Gasteiger partial charge in [0.15, 0.2) is 5.78 Å². The van der Waals surface area contributed by atoms with E-state index in [1.165, 1.54) is 12.1 Å². The molecule has 0 saturated carbocycles. The molecule has 2 aliphatic rings. The number of fused-ring (bicyclic) bond motifs is 1. The SMILES string of the molecule is O=C(CCOC(=O)c1cc(O[C@H]2O[C@H](CO)[C@H](O)[C@H](O)[C@H]2O)cc2c1C(=O)CC(c1ccc(OCCC(=O)OCc3ccccc3)cc1)O2)OCc1ccccc1. The van der Waals surface area contributed by atoms with Crippen LogP contribution in [0.5, 0.6) is 17.2 Å². The molecule has 4 aromatic carbocycles. The lowest BCUT2D eigenvalue weighted by molar-refractivity contribution is -0.277. The summed E-state index contributed by atoms with van der Waals surface area (Å²) < 4.78 is 39.1. The zero-order chi connectivity index (χ0) is 40.3. The summed E-state index contributed by atoms with van der Waals surface area (Å²) in [7, 11) is 0. The van der Waals surface area contributed by atoms with Gasteiger partial charge in [-0.2, -0.15) is 0 Å². The van der Waals surface area contributed by atoms with Crippen molar-refractivity contribution >= 4 is 23.7 Å². The van der Waals surface area contributed by atoms with Gasteiger partial charge in [-0.1, -0.05) is 72.8 Å². The molecule has 6 rings (SSSR count). The molecule has 0 bridgehead atoms. The lowest BCUT2D eigenvalue weighted by Gasteiger charge is -2.39. The Balaban J connectivity index is 1.13. The summed E-state index contributed by atoms with van der Waals surface area (Å²) in [4.78, 5) is 51.7. The highest BCUT2D eigenvalue weighted by Gasteiger charge is 2.45. The Kier molecular flexibility index (Phi) is 13.9. The van der Waals surface area contributed by atoms with E-state index >= 15 is 0 Å². The molecule has 15 nitrogen and oxygen atoms in total. The standard InChI is InChI=1S/C42H42O15/c43-22-34-38(47)39(48)40(49)42(57-34)55-29-19-30(41(50)52-18-16-36(46)54-24-26-9-5-2-6-10-26)37-31(44)21-32(56-33(37)20-29)27-11-13-28(14-12-27)51-17-15-35(45)53-23-25-7-3-1-4-8-25/h1-14,19-20,32,34,38-40,42-43,47-49H,15-18,21-24H2/t32?,34-,38+,39+,40-,42+/m1/s1. The molecule has 4 N–H and O–H groups in total. The number of ketones is 1. The molecule has 0 radical (unpaired) electrons. The number of hydrogen-bond donors (Lipinski definition) is 4. The Labute approximate surface area is 327 Å². The molecule has 4 aromatic rings. The zero-order valence-electron chi connectivity index (χ0n) is 30.6. The average Bonchev–Trinajstić information content (AvgIpc) is 3.23. The van der Waals surface area contributed by atoms with Gasteiger partial charge in [0.2, 0.25) is 6.29 Å². The Hall–Kier alpha value is -5.84. The van der Waals surface area contributed by atoms with Crippen molar-refractivity contribution < 1.29 is 72.8 Å². The first-order valence-electron chi connectivity index (χ1n) is 18.2. The number of carbonyl (C=O) groups is 4. The first-order valence-corrected chi connectivity index (χ1v) is 18.2. The smallest absolute Gasteiger partial charge is 0.339 e. The maximum atomic E-state index is 13.7. The fraction of sp³-hybridized carbons (Fsp3) is 0.333. The lowest BCUT2D eigenvalue weighted by atomic mass is 9.92. The molecule has 15 heteroatoms. The average molecular weight is 787 g/mol. The van der Waals surface area contributed by atoms with Crippen LogP contribution in [0, 0.1) is 0 Å². The molecule has 0 aliphatic carbocycles. The van der Waals surface area contributed by atoms with Crippen LogP contribution in [0.4, 0.5) is 0 Å². The summed E-state index contributed by atoms with van der Waals surface area (Å²) in [5.41, 5.74) is 1.86. The van der Waals surface area contributed by atoms with Crippen molar-refractivity contribution in [2.45, 2.75) is 69.3 Å². The quantitative estimate of drug-likeness (QED) is 0.0947. The van der Waals surface area contributed by atoms with Crippen LogP contribution in [0.15, 0.2) is 97.1 Å². The molecule has 2 heterocycles. The molecule has 0 aromatic heterocycles. The van der Waals surface area contributed by atoms with Crippen LogP contribution in [0.1, 0.15) is 62.8 Å². The highest BCUT2D eigenvalue weighted by atomic mass is 16.7. The lowest BCUT2D eigenvalue weighted by Crippen LogP contribution is -2.60. The van der Waals surface area contributed by atoms with Gasteiger partial charge < -0.3 is 53.6 Å². The van der Waals surface area contributed by atoms with Crippen LogP contribution in [0.3, 0.4) is 0 Å². The second-order valence-electron chi connectivity index (χ2n) is 13.2. The van der Waals surface area contributed by atoms with Gasteiger partial charge in [-0.25, -0.2) is 4.79 Å². The Morgan fingerprint density at radius 2 is 1.32 bits per heavy atom. The van der Waals surface area contributed by atoms with Gasteiger partial charge in [-0.15, -0.1) is 0 Å². The van der Waals surface area contributed by atoms with Crippen LogP contribution in [-0.2, 0) is 41.8 Å². The number of hydrogen-bond acceptors (Lipinski definition) is 15. The fourth-order valence-corrected chi connectivity index (χ4v) is 6.11. The molecule has 1 saturated heterocycles. The van der Waals surface area contributed by atoms with E-state index in [0.29, 0.717) is 11.3 Å². The molecular formula is C42H42O15. The summed E-state index contributed by atoms with van der Waals surface area (Å²) in [5, 5.41) is 40.7. The summed E-state index contributed by atoms with van der Waals surface area (Å²) in [5.74, 6) is -2.24. The van der Waals surface area contributed by atoms with Gasteiger partial charge in [0, 0.05) is 6.07 Å². The summed E-state index contributed by atoms with van der Waals surface area (Å²) in [6.07, 6.45) is -9.28. The first kappa shape index (κ1) is 40.8. The van der Waals surface area contributed by atoms with E-state index in [9.17, 15) is 39.6 Å². The van der Waals surface area contributed by atoms with Crippen LogP contribution in [0.2, 0.25) is 0 Å². The zero-order valence-corrected chi connectivity index (χ0v) is 30.6. The van der Waals surface area contributed by atoms with Crippen LogP contribution in [0.25, 0.3) is 0 Å². The largest absolute Gasteiger partial charge is 0.493 e. The molecule has 57 heavy (non-hydrogen) atoms. The van der Waals surface area contributed by atoms with Crippen molar-refractivity contribution in [2.75, 3.05) is 19.8 Å². The van der Waals surface area contributed by atoms with E-state index in [0.717, 1.165) is 11.1 Å². The monoisotopic (exact) mass is 786 g/mol. The third-order valence-electron chi connectivity index (χ3n) is 9.17. The molecule has 0 amide bonds. The highest BCUT2D eigenvalue weighted by molar-refractivity contribution is 6.09. The fourth-order valence-electron chi connectivity index (χ4n) is 6.11. The predicted octanol–water partition coefficient (Wildman–Crippen LogP) is 3.37. The highest BCUT2D eigenvalue weighted by Crippen LogP contribution is 2.40. The second kappa shape index (κ2) is 19.3. The summed E-state index contributed by atoms with van der Waals surface area (Å²) in [6, 6.07) is 27.5. The van der Waals surface area contributed by atoms with Gasteiger partial charge in [0.1, 0.15) is 67.6 Å². The maximum Gasteiger partial charge on any atom is 0.339 e. The Morgan fingerprint density at radius 1 is 0.702 bits per heavy atom. The van der Waals surface area contributed by atoms with Crippen molar-refractivity contribution in [1.29, 1.82) is 0 Å². The summed E-state index contributed by atoms with van der Waals surface area (Å²) in [6.45, 7) is -0.810. The molecule has 2 aliphatic heterocycles. The van der Waals surface area contributed by atoms with E-state index in [4.69, 9.17) is 33.2 Å². The third kappa shape index (κ3) is 10.7. The van der Waals surface area contributed by atoms with Crippen LogP contribution >= 0.6 is 0 Å². The van der Waals surface area contributed by atoms with E-state index in [-0.39, 0.29) is 68.3 Å². The predicted molar refractivity (Wildman–Crippen MR) is 197 cm³/mol. The van der Waals surface area contributed by atoms with Crippen molar-refractivity contribution in [1.82, 2.24) is 0 Å². The minimum Gasteiger partial charge on any atom is -0.493 e.